The fraction of sp³-hybridized carbons (Fsp3) is 0.370. The van der Waals surface area contributed by atoms with Gasteiger partial charge >= 0.3 is 6.36 Å². The summed E-state index contributed by atoms with van der Waals surface area (Å²) >= 11 is 0. The molecule has 0 saturated heterocycles. The standard InChI is InChI=1S/C27H26F3N3O3/c1-15-2-5-19-22(32-15)8-9-25-26(19)35-18(14-34-25)13-31-12-16-3-6-23-20(10-16)21-11-17(36-27(28,29)30)4-7-24(21)33-23/h2,4-5,7-9,11,16,18,31,33H,3,6,10,12-14H2,1H3/t16-,18-/m0/s1. The Morgan fingerprint density at radius 3 is 2.86 bits per heavy atom. The van der Waals surface area contributed by atoms with Gasteiger partial charge in [-0.15, -0.1) is 13.2 Å². The van der Waals surface area contributed by atoms with Crippen LogP contribution in [0.15, 0.2) is 42.5 Å². The summed E-state index contributed by atoms with van der Waals surface area (Å²) in [7, 11) is 0. The first kappa shape index (κ1) is 23.0. The lowest BCUT2D eigenvalue weighted by atomic mass is 9.86. The van der Waals surface area contributed by atoms with E-state index in [9.17, 15) is 13.2 Å². The molecule has 0 unspecified atom stereocenters. The van der Waals surface area contributed by atoms with Crippen LogP contribution in [0.1, 0.15) is 23.4 Å². The summed E-state index contributed by atoms with van der Waals surface area (Å²) in [4.78, 5) is 7.94. The van der Waals surface area contributed by atoms with Crippen LogP contribution in [0.2, 0.25) is 0 Å². The maximum atomic E-state index is 12.7. The van der Waals surface area contributed by atoms with Gasteiger partial charge in [0.15, 0.2) is 11.5 Å². The molecule has 0 amide bonds. The van der Waals surface area contributed by atoms with E-state index in [0.717, 1.165) is 76.1 Å². The average molecular weight is 498 g/mol. The van der Waals surface area contributed by atoms with Gasteiger partial charge in [0.2, 0.25) is 0 Å². The van der Waals surface area contributed by atoms with Crippen molar-refractivity contribution in [1.82, 2.24) is 15.3 Å². The number of nitrogens with zero attached hydrogens (tertiary/aromatic N) is 1. The van der Waals surface area contributed by atoms with Crippen molar-refractivity contribution in [2.75, 3.05) is 19.7 Å². The first-order chi connectivity index (χ1) is 17.3. The number of aromatic amines is 1. The minimum Gasteiger partial charge on any atom is -0.486 e. The molecule has 36 heavy (non-hydrogen) atoms. The van der Waals surface area contributed by atoms with Crippen LogP contribution >= 0.6 is 0 Å². The van der Waals surface area contributed by atoms with Crippen molar-refractivity contribution in [3.05, 3.63) is 59.4 Å². The fourth-order valence-corrected chi connectivity index (χ4v) is 5.27. The lowest BCUT2D eigenvalue weighted by Crippen LogP contribution is -2.40. The second-order valence-electron chi connectivity index (χ2n) is 9.57. The number of pyridine rings is 1. The zero-order valence-electron chi connectivity index (χ0n) is 19.7. The monoisotopic (exact) mass is 497 g/mol. The Kier molecular flexibility index (Phi) is 5.67. The number of rotatable bonds is 5. The summed E-state index contributed by atoms with van der Waals surface area (Å²) in [5.74, 6) is 1.65. The molecule has 2 aliphatic rings. The molecule has 2 atom stereocenters. The molecule has 6 nitrogen and oxygen atoms in total. The van der Waals surface area contributed by atoms with Crippen LogP contribution < -0.4 is 19.5 Å². The number of nitrogens with one attached hydrogen (secondary N) is 2. The molecule has 1 aliphatic heterocycles. The van der Waals surface area contributed by atoms with E-state index in [1.807, 2.05) is 31.2 Å². The Morgan fingerprint density at radius 2 is 2.00 bits per heavy atom. The third kappa shape index (κ3) is 4.55. The van der Waals surface area contributed by atoms with Crippen molar-refractivity contribution < 1.29 is 27.4 Å². The quantitative estimate of drug-likeness (QED) is 0.383. The van der Waals surface area contributed by atoms with Crippen molar-refractivity contribution in [3.8, 4) is 17.2 Å². The molecule has 2 aromatic heterocycles. The van der Waals surface area contributed by atoms with E-state index in [4.69, 9.17) is 9.47 Å². The molecule has 2 aromatic carbocycles. The van der Waals surface area contributed by atoms with Crippen molar-refractivity contribution in [1.29, 1.82) is 0 Å². The van der Waals surface area contributed by atoms with Crippen LogP contribution in [-0.4, -0.2) is 42.1 Å². The van der Waals surface area contributed by atoms with E-state index in [2.05, 4.69) is 20.0 Å². The molecule has 2 N–H and O–H groups in total. The van der Waals surface area contributed by atoms with Gasteiger partial charge in [0, 0.05) is 34.2 Å². The summed E-state index contributed by atoms with van der Waals surface area (Å²) in [5.41, 5.74) is 4.85. The Labute approximate surface area is 205 Å². The van der Waals surface area contributed by atoms with Crippen molar-refractivity contribution >= 4 is 21.8 Å². The molecule has 4 aromatic rings. The van der Waals surface area contributed by atoms with Gasteiger partial charge in [-0.2, -0.15) is 0 Å². The maximum Gasteiger partial charge on any atom is 0.573 e. The van der Waals surface area contributed by atoms with Gasteiger partial charge < -0.3 is 24.5 Å². The van der Waals surface area contributed by atoms with E-state index in [1.54, 1.807) is 6.07 Å². The average Bonchev–Trinajstić information content (AvgIpc) is 3.20. The van der Waals surface area contributed by atoms with Gasteiger partial charge in [0.1, 0.15) is 18.5 Å². The van der Waals surface area contributed by atoms with Gasteiger partial charge in [0.05, 0.1) is 5.52 Å². The molecule has 3 heterocycles. The van der Waals surface area contributed by atoms with Gasteiger partial charge in [-0.1, -0.05) is 0 Å². The number of fused-ring (bicyclic) bond motifs is 6. The predicted molar refractivity (Wildman–Crippen MR) is 130 cm³/mol. The first-order valence-corrected chi connectivity index (χ1v) is 12.1. The lowest BCUT2D eigenvalue weighted by molar-refractivity contribution is -0.274. The van der Waals surface area contributed by atoms with Crippen LogP contribution in [0.25, 0.3) is 21.8 Å². The number of hydrogen-bond acceptors (Lipinski definition) is 5. The third-order valence-electron chi connectivity index (χ3n) is 6.93. The highest BCUT2D eigenvalue weighted by Gasteiger charge is 2.32. The Hall–Kier alpha value is -3.46. The number of hydrogen-bond donors (Lipinski definition) is 2. The lowest BCUT2D eigenvalue weighted by Gasteiger charge is -2.29. The Balaban J connectivity index is 1.10. The number of halogens is 3. The minimum atomic E-state index is -4.70. The van der Waals surface area contributed by atoms with E-state index in [1.165, 1.54) is 12.1 Å². The number of aromatic nitrogens is 2. The zero-order chi connectivity index (χ0) is 24.9. The summed E-state index contributed by atoms with van der Waals surface area (Å²) < 4.78 is 54.4. The second-order valence-corrected chi connectivity index (χ2v) is 9.57. The number of H-pyrrole nitrogens is 1. The Bertz CT molecular complexity index is 1430. The van der Waals surface area contributed by atoms with Crippen LogP contribution in [0.3, 0.4) is 0 Å². The highest BCUT2D eigenvalue weighted by atomic mass is 19.4. The van der Waals surface area contributed by atoms with E-state index in [0.29, 0.717) is 19.1 Å². The molecular formula is C27H26F3N3O3. The number of benzene rings is 2. The van der Waals surface area contributed by atoms with E-state index >= 15 is 0 Å². The van der Waals surface area contributed by atoms with Gasteiger partial charge in [0.25, 0.3) is 0 Å². The molecule has 0 fully saturated rings. The molecule has 1 aliphatic carbocycles. The smallest absolute Gasteiger partial charge is 0.486 e. The second kappa shape index (κ2) is 8.89. The van der Waals surface area contributed by atoms with Crippen molar-refractivity contribution in [3.63, 3.8) is 0 Å². The van der Waals surface area contributed by atoms with E-state index < -0.39 is 6.36 Å². The summed E-state index contributed by atoms with van der Waals surface area (Å²) in [5, 5.41) is 5.26. The molecule has 6 rings (SSSR count). The maximum absolute atomic E-state index is 12.7. The van der Waals surface area contributed by atoms with Gasteiger partial charge in [-0.05, 0) is 86.7 Å². The molecule has 9 heteroatoms. The topological polar surface area (TPSA) is 68.4 Å². The van der Waals surface area contributed by atoms with Crippen LogP contribution in [0.5, 0.6) is 17.2 Å². The third-order valence-corrected chi connectivity index (χ3v) is 6.93. The molecular weight excluding hydrogens is 471 g/mol. The fourth-order valence-electron chi connectivity index (χ4n) is 5.27. The SMILES string of the molecule is Cc1ccc2c3c(ccc2n1)OC[C@H](CNC[C@H]1CCc2[nH]c4ccc(OC(F)(F)F)cc4c2C1)O3. The largest absolute Gasteiger partial charge is 0.573 e. The number of alkyl halides is 3. The normalized spacial score (nSPS) is 19.4. The molecule has 188 valence electrons. The number of aryl methyl sites for hydroxylation is 2. The van der Waals surface area contributed by atoms with Crippen molar-refractivity contribution in [2.45, 2.75) is 38.7 Å². The highest BCUT2D eigenvalue weighted by molar-refractivity contribution is 5.88. The van der Waals surface area contributed by atoms with E-state index in [-0.39, 0.29) is 11.9 Å². The van der Waals surface area contributed by atoms with Crippen LogP contribution in [0, 0.1) is 12.8 Å². The Morgan fingerprint density at radius 1 is 1.11 bits per heavy atom. The summed E-state index contributed by atoms with van der Waals surface area (Å²) in [6.07, 6.45) is -2.18. The molecule has 0 saturated carbocycles. The van der Waals surface area contributed by atoms with Crippen molar-refractivity contribution in [2.24, 2.45) is 5.92 Å². The van der Waals surface area contributed by atoms with Crippen LogP contribution in [0.4, 0.5) is 13.2 Å². The first-order valence-electron chi connectivity index (χ1n) is 12.1. The van der Waals surface area contributed by atoms with Gasteiger partial charge in [-0.25, -0.2) is 0 Å². The summed E-state index contributed by atoms with van der Waals surface area (Å²) in [6, 6.07) is 12.3. The minimum absolute atomic E-state index is 0.126. The molecule has 0 bridgehead atoms. The van der Waals surface area contributed by atoms with Gasteiger partial charge in [-0.3, -0.25) is 4.98 Å². The predicted octanol–water partition coefficient (Wildman–Crippen LogP) is 5.46. The zero-order valence-corrected chi connectivity index (χ0v) is 19.7. The summed E-state index contributed by atoms with van der Waals surface area (Å²) in [6.45, 7) is 3.84. The molecule has 0 spiro atoms. The highest BCUT2D eigenvalue weighted by Crippen LogP contribution is 2.38. The number of ether oxygens (including phenoxy) is 3. The molecule has 0 radical (unpaired) electrons. The van der Waals surface area contributed by atoms with Crippen LogP contribution in [-0.2, 0) is 12.8 Å².